The summed E-state index contributed by atoms with van der Waals surface area (Å²) in [5.74, 6) is -1.35. The summed E-state index contributed by atoms with van der Waals surface area (Å²) in [4.78, 5) is 2.52. The van der Waals surface area contributed by atoms with Crippen LogP contribution >= 0.6 is 15.9 Å². The van der Waals surface area contributed by atoms with Gasteiger partial charge in [-0.05, 0) is 85.5 Å². The number of methoxy groups -OCH3 is 1. The molecule has 4 rings (SSSR count). The predicted molar refractivity (Wildman–Crippen MR) is 120 cm³/mol. The van der Waals surface area contributed by atoms with E-state index >= 15 is 0 Å². The number of rotatable bonds is 5. The summed E-state index contributed by atoms with van der Waals surface area (Å²) in [5.41, 5.74) is 2.40. The molecule has 0 bridgehead atoms. The van der Waals surface area contributed by atoms with Gasteiger partial charge in [0, 0.05) is 32.0 Å². The minimum atomic E-state index is -2.55. The molecular formula is C24H34BrF2NO3. The largest absolute Gasteiger partial charge is 0.493 e. The second-order valence-electron chi connectivity index (χ2n) is 10.3. The Morgan fingerprint density at radius 2 is 2.00 bits per heavy atom. The fourth-order valence-electron chi connectivity index (χ4n) is 5.35. The minimum Gasteiger partial charge on any atom is -0.493 e. The molecule has 3 atom stereocenters. The first-order valence-electron chi connectivity index (χ1n) is 11.4. The lowest BCUT2D eigenvalue weighted by Gasteiger charge is -2.45. The Kier molecular flexibility index (Phi) is 6.59. The van der Waals surface area contributed by atoms with Crippen molar-refractivity contribution >= 4 is 15.9 Å². The highest BCUT2D eigenvalue weighted by atomic mass is 79.9. The lowest BCUT2D eigenvalue weighted by atomic mass is 9.85. The maximum atomic E-state index is 13.5. The Morgan fingerprint density at radius 1 is 1.23 bits per heavy atom. The van der Waals surface area contributed by atoms with Crippen LogP contribution < -0.4 is 9.47 Å². The Balaban J connectivity index is 1.51. The van der Waals surface area contributed by atoms with E-state index in [4.69, 9.17) is 14.2 Å². The van der Waals surface area contributed by atoms with Crippen LogP contribution in [0, 0.1) is 5.92 Å². The fourth-order valence-corrected chi connectivity index (χ4v) is 6.08. The smallest absolute Gasteiger partial charge is 0.248 e. The average Bonchev–Trinajstić information content (AvgIpc) is 3.04. The molecule has 3 unspecified atom stereocenters. The van der Waals surface area contributed by atoms with Crippen molar-refractivity contribution in [2.24, 2.45) is 5.92 Å². The summed E-state index contributed by atoms with van der Waals surface area (Å²) in [6.45, 7) is 8.55. The number of hydrogen-bond acceptors (Lipinski definition) is 4. The van der Waals surface area contributed by atoms with E-state index in [1.165, 1.54) is 11.1 Å². The molecule has 0 amide bonds. The van der Waals surface area contributed by atoms with Crippen molar-refractivity contribution < 1.29 is 23.0 Å². The molecule has 0 radical (unpaired) electrons. The van der Waals surface area contributed by atoms with Crippen LogP contribution in [0.1, 0.15) is 70.0 Å². The number of hydrogen-bond donors (Lipinski definition) is 0. The van der Waals surface area contributed by atoms with Gasteiger partial charge in [-0.15, -0.1) is 0 Å². The summed E-state index contributed by atoms with van der Waals surface area (Å²) in [7, 11) is 1.64. The topological polar surface area (TPSA) is 30.9 Å². The van der Waals surface area contributed by atoms with Gasteiger partial charge >= 0.3 is 0 Å². The first kappa shape index (κ1) is 23.2. The third kappa shape index (κ3) is 5.19. The molecule has 1 aliphatic carbocycles. The molecule has 2 fully saturated rings. The number of benzene rings is 1. The summed E-state index contributed by atoms with van der Waals surface area (Å²) in [6.07, 6.45) is 3.62. The molecule has 1 saturated carbocycles. The number of ether oxygens (including phenoxy) is 3. The molecule has 1 saturated heterocycles. The van der Waals surface area contributed by atoms with Gasteiger partial charge in [-0.3, -0.25) is 4.90 Å². The van der Waals surface area contributed by atoms with E-state index in [2.05, 4.69) is 47.7 Å². The SMILES string of the molecule is COc1cc2c(c(Br)c1OCC1CCC(F)(F)C1)CCN1CC(OC(C)(C)C)CCC21. The molecule has 31 heavy (non-hydrogen) atoms. The average molecular weight is 502 g/mol. The van der Waals surface area contributed by atoms with Crippen LogP contribution in [0.15, 0.2) is 10.5 Å². The molecular weight excluding hydrogens is 468 g/mol. The molecule has 0 aromatic heterocycles. The van der Waals surface area contributed by atoms with Gasteiger partial charge in [-0.2, -0.15) is 0 Å². The molecule has 7 heteroatoms. The van der Waals surface area contributed by atoms with E-state index in [0.29, 0.717) is 30.6 Å². The monoisotopic (exact) mass is 501 g/mol. The van der Waals surface area contributed by atoms with E-state index in [9.17, 15) is 8.78 Å². The van der Waals surface area contributed by atoms with Crippen LogP contribution in [-0.4, -0.2) is 49.3 Å². The fraction of sp³-hybridized carbons (Fsp3) is 0.750. The number of halogens is 3. The highest BCUT2D eigenvalue weighted by Crippen LogP contribution is 2.48. The zero-order valence-electron chi connectivity index (χ0n) is 19.0. The molecule has 0 spiro atoms. The summed E-state index contributed by atoms with van der Waals surface area (Å²) in [6, 6.07) is 2.44. The quantitative estimate of drug-likeness (QED) is 0.484. The summed E-state index contributed by atoms with van der Waals surface area (Å²) >= 11 is 3.76. The molecule has 4 nitrogen and oxygen atoms in total. The van der Waals surface area contributed by atoms with Crippen molar-refractivity contribution in [3.05, 3.63) is 21.7 Å². The van der Waals surface area contributed by atoms with Gasteiger partial charge in [0.05, 0.1) is 29.9 Å². The van der Waals surface area contributed by atoms with Crippen LogP contribution in [0.3, 0.4) is 0 Å². The van der Waals surface area contributed by atoms with Crippen molar-refractivity contribution in [3.8, 4) is 11.5 Å². The first-order valence-corrected chi connectivity index (χ1v) is 12.2. The minimum absolute atomic E-state index is 0.0407. The van der Waals surface area contributed by atoms with E-state index in [-0.39, 0.29) is 30.5 Å². The van der Waals surface area contributed by atoms with Crippen molar-refractivity contribution in [3.63, 3.8) is 0 Å². The molecule has 0 N–H and O–H groups in total. The second kappa shape index (κ2) is 8.79. The molecule has 3 aliphatic rings. The maximum absolute atomic E-state index is 13.5. The van der Waals surface area contributed by atoms with Crippen LogP contribution in [0.25, 0.3) is 0 Å². The summed E-state index contributed by atoms with van der Waals surface area (Å²) < 4.78 is 46.0. The van der Waals surface area contributed by atoms with Gasteiger partial charge in [-0.1, -0.05) is 0 Å². The Hall–Kier alpha value is -0.920. The van der Waals surface area contributed by atoms with E-state index < -0.39 is 5.92 Å². The van der Waals surface area contributed by atoms with Gasteiger partial charge in [0.2, 0.25) is 5.92 Å². The molecule has 174 valence electrons. The van der Waals surface area contributed by atoms with Gasteiger partial charge in [0.25, 0.3) is 0 Å². The van der Waals surface area contributed by atoms with Crippen LogP contribution in [-0.2, 0) is 11.2 Å². The maximum Gasteiger partial charge on any atom is 0.248 e. The lowest BCUT2D eigenvalue weighted by molar-refractivity contribution is -0.0972. The van der Waals surface area contributed by atoms with Crippen LogP contribution in [0.2, 0.25) is 0 Å². The predicted octanol–water partition coefficient (Wildman–Crippen LogP) is 6.15. The first-order chi connectivity index (χ1) is 14.6. The number of piperidine rings is 1. The van der Waals surface area contributed by atoms with Gasteiger partial charge in [0.15, 0.2) is 11.5 Å². The highest BCUT2D eigenvalue weighted by molar-refractivity contribution is 9.10. The van der Waals surface area contributed by atoms with Gasteiger partial charge < -0.3 is 14.2 Å². The standard InChI is InChI=1S/C24H34BrF2NO3/c1-23(2,3)31-16-5-6-19-18-11-20(29-4)22(21(25)17(18)8-10-28(19)13-16)30-14-15-7-9-24(26,27)12-15/h11,15-16,19H,5-10,12-14H2,1-4H3. The Morgan fingerprint density at radius 3 is 2.65 bits per heavy atom. The second-order valence-corrected chi connectivity index (χ2v) is 11.0. The molecule has 1 aromatic carbocycles. The third-order valence-electron chi connectivity index (χ3n) is 6.68. The van der Waals surface area contributed by atoms with Crippen molar-refractivity contribution in [2.75, 3.05) is 26.8 Å². The molecule has 1 aromatic rings. The number of nitrogens with zero attached hydrogens (tertiary/aromatic N) is 1. The van der Waals surface area contributed by atoms with Crippen LogP contribution in [0.4, 0.5) is 8.78 Å². The Bertz CT molecular complexity index is 811. The Labute approximate surface area is 192 Å². The normalized spacial score (nSPS) is 28.2. The number of fused-ring (bicyclic) bond motifs is 3. The van der Waals surface area contributed by atoms with Crippen molar-refractivity contribution in [1.82, 2.24) is 4.90 Å². The lowest BCUT2D eigenvalue weighted by Crippen LogP contribution is -2.47. The number of alkyl halides is 2. The zero-order valence-corrected chi connectivity index (χ0v) is 20.6. The molecule has 2 heterocycles. The third-order valence-corrected chi connectivity index (χ3v) is 7.52. The van der Waals surface area contributed by atoms with Gasteiger partial charge in [0.1, 0.15) is 0 Å². The van der Waals surface area contributed by atoms with E-state index in [1.807, 2.05) is 0 Å². The van der Waals surface area contributed by atoms with E-state index in [0.717, 1.165) is 36.8 Å². The van der Waals surface area contributed by atoms with E-state index in [1.54, 1.807) is 7.11 Å². The van der Waals surface area contributed by atoms with Crippen molar-refractivity contribution in [2.45, 2.75) is 83.0 Å². The zero-order chi connectivity index (χ0) is 22.4. The van der Waals surface area contributed by atoms with Gasteiger partial charge in [-0.25, -0.2) is 8.78 Å². The summed E-state index contributed by atoms with van der Waals surface area (Å²) in [5, 5.41) is 0. The van der Waals surface area contributed by atoms with Crippen LogP contribution in [0.5, 0.6) is 11.5 Å². The highest BCUT2D eigenvalue weighted by Gasteiger charge is 2.40. The van der Waals surface area contributed by atoms with Crippen molar-refractivity contribution in [1.29, 1.82) is 0 Å². The molecule has 2 aliphatic heterocycles.